The molecule has 1 heterocycles. The van der Waals surface area contributed by atoms with Crippen LogP contribution in [0.2, 0.25) is 0 Å². The van der Waals surface area contributed by atoms with Crippen molar-refractivity contribution in [2.45, 2.75) is 44.2 Å². The Morgan fingerprint density at radius 3 is 2.94 bits per heavy atom. The highest BCUT2D eigenvalue weighted by atomic mass is 16.6. The smallest absolute Gasteiger partial charge is 0.274 e. The number of hydrogen-bond donors (Lipinski definition) is 2. The van der Waals surface area contributed by atoms with Crippen LogP contribution in [-0.4, -0.2) is 22.0 Å². The van der Waals surface area contributed by atoms with Crippen molar-refractivity contribution >= 4 is 11.5 Å². The molecule has 2 atom stereocenters. The lowest BCUT2D eigenvalue weighted by Crippen LogP contribution is -2.39. The molecule has 1 saturated carbocycles. The van der Waals surface area contributed by atoms with Crippen LogP contribution in [0.5, 0.6) is 0 Å². The molecular formula is C12H18N4O2. The number of hydrogen-bond acceptors (Lipinski definition) is 5. The summed E-state index contributed by atoms with van der Waals surface area (Å²) in [4.78, 5) is 14.4. The highest BCUT2D eigenvalue weighted by Crippen LogP contribution is 2.21. The van der Waals surface area contributed by atoms with Crippen molar-refractivity contribution in [1.29, 1.82) is 0 Å². The van der Waals surface area contributed by atoms with E-state index in [1.807, 2.05) is 0 Å². The molecule has 1 fully saturated rings. The van der Waals surface area contributed by atoms with Crippen LogP contribution in [0.25, 0.3) is 0 Å². The highest BCUT2D eigenvalue weighted by molar-refractivity contribution is 5.45. The van der Waals surface area contributed by atoms with Crippen molar-refractivity contribution in [3.05, 3.63) is 28.4 Å². The summed E-state index contributed by atoms with van der Waals surface area (Å²) in [7, 11) is 0. The molecule has 18 heavy (non-hydrogen) atoms. The summed E-state index contributed by atoms with van der Waals surface area (Å²) in [6.45, 7) is 0. The molecule has 0 bridgehead atoms. The summed E-state index contributed by atoms with van der Waals surface area (Å²) < 4.78 is 0. The van der Waals surface area contributed by atoms with Crippen molar-refractivity contribution < 1.29 is 4.92 Å². The third-order valence-electron chi connectivity index (χ3n) is 3.36. The molecule has 6 heteroatoms. The summed E-state index contributed by atoms with van der Waals surface area (Å²) in [5, 5.41) is 13.9. The van der Waals surface area contributed by atoms with Gasteiger partial charge in [0, 0.05) is 24.3 Å². The van der Waals surface area contributed by atoms with Gasteiger partial charge in [0.15, 0.2) is 0 Å². The van der Waals surface area contributed by atoms with Gasteiger partial charge in [-0.1, -0.05) is 19.3 Å². The summed E-state index contributed by atoms with van der Waals surface area (Å²) >= 11 is 0. The molecule has 0 aliphatic heterocycles. The standard InChI is InChI=1S/C12H18N4O2/c13-10-4-2-1-3-5-11(10)15-12-8-9(16(17)18)6-7-14-12/h6-8,10-11H,1-5,13H2,(H,14,15). The van der Waals surface area contributed by atoms with E-state index in [4.69, 9.17) is 5.73 Å². The SMILES string of the molecule is NC1CCCCCC1Nc1cc([N+](=O)[O-])ccn1. The zero-order valence-corrected chi connectivity index (χ0v) is 10.2. The van der Waals surface area contributed by atoms with Gasteiger partial charge in [-0.2, -0.15) is 0 Å². The van der Waals surface area contributed by atoms with Gasteiger partial charge in [-0.05, 0) is 12.8 Å². The lowest BCUT2D eigenvalue weighted by molar-refractivity contribution is -0.384. The first-order valence-electron chi connectivity index (χ1n) is 6.29. The number of nitro groups is 1. The van der Waals surface area contributed by atoms with E-state index in [0.717, 1.165) is 25.7 Å². The molecule has 0 radical (unpaired) electrons. The Hall–Kier alpha value is -1.69. The summed E-state index contributed by atoms with van der Waals surface area (Å²) in [5.74, 6) is 0.534. The van der Waals surface area contributed by atoms with E-state index >= 15 is 0 Å². The Morgan fingerprint density at radius 1 is 1.39 bits per heavy atom. The normalized spacial score (nSPS) is 24.3. The van der Waals surface area contributed by atoms with Gasteiger partial charge in [0.25, 0.3) is 5.69 Å². The number of pyridine rings is 1. The Kier molecular flexibility index (Phi) is 4.09. The van der Waals surface area contributed by atoms with Crippen LogP contribution in [0, 0.1) is 10.1 Å². The number of nitrogens with zero attached hydrogens (tertiary/aromatic N) is 2. The van der Waals surface area contributed by atoms with E-state index in [-0.39, 0.29) is 17.8 Å². The van der Waals surface area contributed by atoms with Crippen LogP contribution >= 0.6 is 0 Å². The molecule has 1 aromatic heterocycles. The topological polar surface area (TPSA) is 94.1 Å². The zero-order valence-electron chi connectivity index (χ0n) is 10.2. The van der Waals surface area contributed by atoms with Gasteiger partial charge in [0.2, 0.25) is 0 Å². The van der Waals surface area contributed by atoms with Crippen LogP contribution in [-0.2, 0) is 0 Å². The van der Waals surface area contributed by atoms with Gasteiger partial charge in [0.05, 0.1) is 11.0 Å². The Morgan fingerprint density at radius 2 is 2.17 bits per heavy atom. The summed E-state index contributed by atoms with van der Waals surface area (Å²) in [6.07, 6.45) is 6.93. The van der Waals surface area contributed by atoms with E-state index in [1.165, 1.54) is 24.8 Å². The second-order valence-corrected chi connectivity index (χ2v) is 4.71. The first-order valence-corrected chi connectivity index (χ1v) is 6.29. The predicted octanol–water partition coefficient (Wildman–Crippen LogP) is 2.06. The first kappa shape index (κ1) is 12.8. The largest absolute Gasteiger partial charge is 0.366 e. The maximum absolute atomic E-state index is 10.7. The van der Waals surface area contributed by atoms with E-state index in [9.17, 15) is 10.1 Å². The molecule has 1 aromatic rings. The fourth-order valence-corrected chi connectivity index (χ4v) is 2.32. The summed E-state index contributed by atoms with van der Waals surface area (Å²) in [6, 6.07) is 3.09. The van der Waals surface area contributed by atoms with Crippen molar-refractivity contribution in [1.82, 2.24) is 4.98 Å². The molecular weight excluding hydrogens is 232 g/mol. The number of anilines is 1. The minimum Gasteiger partial charge on any atom is -0.366 e. The molecule has 6 nitrogen and oxygen atoms in total. The quantitative estimate of drug-likeness (QED) is 0.486. The van der Waals surface area contributed by atoms with Crippen LogP contribution in [0.1, 0.15) is 32.1 Å². The van der Waals surface area contributed by atoms with Gasteiger partial charge in [-0.15, -0.1) is 0 Å². The lowest BCUT2D eigenvalue weighted by Gasteiger charge is -2.23. The van der Waals surface area contributed by atoms with E-state index < -0.39 is 4.92 Å². The third kappa shape index (κ3) is 3.16. The van der Waals surface area contributed by atoms with Gasteiger partial charge in [-0.3, -0.25) is 10.1 Å². The number of rotatable bonds is 3. The van der Waals surface area contributed by atoms with E-state index in [2.05, 4.69) is 10.3 Å². The molecule has 2 rings (SSSR count). The monoisotopic (exact) mass is 250 g/mol. The minimum atomic E-state index is -0.417. The van der Waals surface area contributed by atoms with Crippen molar-refractivity contribution in [2.24, 2.45) is 5.73 Å². The maximum atomic E-state index is 10.7. The first-order chi connectivity index (χ1) is 8.66. The van der Waals surface area contributed by atoms with Gasteiger partial charge < -0.3 is 11.1 Å². The van der Waals surface area contributed by atoms with Crippen molar-refractivity contribution in [3.63, 3.8) is 0 Å². The van der Waals surface area contributed by atoms with Gasteiger partial charge in [-0.25, -0.2) is 4.98 Å². The number of nitrogens with two attached hydrogens (primary N) is 1. The van der Waals surface area contributed by atoms with Crippen LogP contribution in [0.4, 0.5) is 11.5 Å². The Balaban J connectivity index is 2.07. The second-order valence-electron chi connectivity index (χ2n) is 4.71. The highest BCUT2D eigenvalue weighted by Gasteiger charge is 2.21. The third-order valence-corrected chi connectivity index (χ3v) is 3.36. The molecule has 1 aliphatic carbocycles. The number of nitrogens with one attached hydrogen (secondary N) is 1. The molecule has 98 valence electrons. The zero-order chi connectivity index (χ0) is 13.0. The predicted molar refractivity (Wildman–Crippen MR) is 69.4 cm³/mol. The summed E-state index contributed by atoms with van der Waals surface area (Å²) in [5.41, 5.74) is 6.15. The van der Waals surface area contributed by atoms with Gasteiger partial charge in [0.1, 0.15) is 5.82 Å². The Bertz CT molecular complexity index is 424. The average Bonchev–Trinajstić information content (AvgIpc) is 2.55. The maximum Gasteiger partial charge on any atom is 0.274 e. The van der Waals surface area contributed by atoms with Crippen LogP contribution < -0.4 is 11.1 Å². The molecule has 0 aromatic carbocycles. The molecule has 1 aliphatic rings. The fraction of sp³-hybridized carbons (Fsp3) is 0.583. The van der Waals surface area contributed by atoms with Crippen molar-refractivity contribution in [3.8, 4) is 0 Å². The van der Waals surface area contributed by atoms with Gasteiger partial charge >= 0.3 is 0 Å². The number of aromatic nitrogens is 1. The average molecular weight is 250 g/mol. The molecule has 0 spiro atoms. The second kappa shape index (κ2) is 5.77. The van der Waals surface area contributed by atoms with Crippen molar-refractivity contribution in [2.75, 3.05) is 5.32 Å². The lowest BCUT2D eigenvalue weighted by atomic mass is 10.0. The fourth-order valence-electron chi connectivity index (χ4n) is 2.32. The molecule has 0 amide bonds. The van der Waals surface area contributed by atoms with Crippen LogP contribution in [0.15, 0.2) is 18.3 Å². The minimum absolute atomic E-state index is 0.0506. The Labute approximate surface area is 106 Å². The van der Waals surface area contributed by atoms with E-state index in [0.29, 0.717) is 5.82 Å². The molecule has 3 N–H and O–H groups in total. The van der Waals surface area contributed by atoms with E-state index in [1.54, 1.807) is 0 Å². The molecule has 2 unspecified atom stereocenters. The van der Waals surface area contributed by atoms with Crippen LogP contribution in [0.3, 0.4) is 0 Å². The molecule has 0 saturated heterocycles.